The van der Waals surface area contributed by atoms with Crippen LogP contribution in [-0.4, -0.2) is 64.7 Å². The monoisotopic (exact) mass is 536 g/mol. The fourth-order valence-corrected chi connectivity index (χ4v) is 4.21. The predicted molar refractivity (Wildman–Crippen MR) is 145 cm³/mol. The maximum absolute atomic E-state index is 13.0. The lowest BCUT2D eigenvalue weighted by atomic mass is 10.2. The highest BCUT2D eigenvalue weighted by atomic mass is 16.5. The summed E-state index contributed by atoms with van der Waals surface area (Å²) in [5, 5.41) is 30.5. The number of ether oxygens (including phenoxy) is 1. The second kappa shape index (κ2) is 12.2. The van der Waals surface area contributed by atoms with Gasteiger partial charge in [-0.2, -0.15) is 10.2 Å². The van der Waals surface area contributed by atoms with Gasteiger partial charge in [0.05, 0.1) is 24.1 Å². The number of aryl methyl sites for hydroxylation is 1. The third-order valence-electron chi connectivity index (χ3n) is 6.46. The molecule has 1 saturated heterocycles. The van der Waals surface area contributed by atoms with Crippen molar-refractivity contribution < 1.29 is 19.7 Å². The minimum absolute atomic E-state index is 0.0370. The van der Waals surface area contributed by atoms with Gasteiger partial charge in [0.1, 0.15) is 12.3 Å². The molecule has 1 aliphatic heterocycles. The number of amides is 1. The van der Waals surface area contributed by atoms with Crippen molar-refractivity contribution >= 4 is 23.0 Å². The van der Waals surface area contributed by atoms with Gasteiger partial charge in [0.2, 0.25) is 0 Å². The average molecular weight is 537 g/mol. The number of nitrogens with one attached hydrogen (secondary N) is 1. The third-order valence-corrected chi connectivity index (χ3v) is 6.46. The van der Waals surface area contributed by atoms with Crippen molar-refractivity contribution in [3.8, 4) is 0 Å². The van der Waals surface area contributed by atoms with Gasteiger partial charge in [-0.05, 0) is 55.5 Å². The topological polar surface area (TPSA) is 151 Å². The zero-order chi connectivity index (χ0) is 28.1. The number of carbonyl (C=O) groups is 1. The first kappa shape index (κ1) is 27.9. The van der Waals surface area contributed by atoms with Gasteiger partial charge in [0, 0.05) is 56.6 Å². The molecule has 12 nitrogen and oxygen atoms in total. The first-order valence-electron chi connectivity index (χ1n) is 12.5. The largest absolute Gasteiger partial charge is 0.394 e. The number of aromatic nitrogens is 2. The first-order chi connectivity index (χ1) is 18.7. The summed E-state index contributed by atoms with van der Waals surface area (Å²) >= 11 is 0. The summed E-state index contributed by atoms with van der Waals surface area (Å²) in [7, 11) is 3.92. The van der Waals surface area contributed by atoms with Crippen molar-refractivity contribution in [2.75, 3.05) is 32.1 Å². The molecule has 0 saturated carbocycles. The van der Waals surface area contributed by atoms with E-state index in [2.05, 4.69) is 15.5 Å². The van der Waals surface area contributed by atoms with Crippen LogP contribution in [0.25, 0.3) is 0 Å². The highest BCUT2D eigenvalue weighted by Crippen LogP contribution is 2.27. The number of hydrogen-bond acceptors (Lipinski definition) is 9. The van der Waals surface area contributed by atoms with Crippen LogP contribution >= 0.6 is 0 Å². The van der Waals surface area contributed by atoms with Crippen molar-refractivity contribution in [1.29, 1.82) is 0 Å². The summed E-state index contributed by atoms with van der Waals surface area (Å²) in [5.74, 6) is -0.369. The molecule has 1 amide bonds. The molecule has 0 aliphatic carbocycles. The molecule has 39 heavy (non-hydrogen) atoms. The van der Waals surface area contributed by atoms with Crippen LogP contribution in [-0.2, 0) is 11.3 Å². The zero-order valence-electron chi connectivity index (χ0n) is 22.0. The number of anilines is 1. The van der Waals surface area contributed by atoms with E-state index in [-0.39, 0.29) is 32.0 Å². The van der Waals surface area contributed by atoms with Crippen LogP contribution in [0.3, 0.4) is 0 Å². The first-order valence-corrected chi connectivity index (χ1v) is 12.5. The van der Waals surface area contributed by atoms with Gasteiger partial charge in [-0.25, -0.2) is 4.79 Å². The lowest BCUT2D eigenvalue weighted by Crippen LogP contribution is -2.44. The predicted octanol–water partition coefficient (Wildman–Crippen LogP) is 1.87. The Morgan fingerprint density at radius 1 is 1.08 bits per heavy atom. The molecule has 206 valence electrons. The van der Waals surface area contributed by atoms with Gasteiger partial charge < -0.3 is 25.2 Å². The zero-order valence-corrected chi connectivity index (χ0v) is 22.0. The Bertz CT molecular complexity index is 1450. The van der Waals surface area contributed by atoms with Crippen LogP contribution in [0.4, 0.5) is 17.1 Å². The number of carbonyl (C=O) groups excluding carboxylic acids is 1. The third kappa shape index (κ3) is 6.48. The quantitative estimate of drug-likeness (QED) is 0.353. The maximum atomic E-state index is 13.0. The average Bonchev–Trinajstić information content (AvgIpc) is 3.32. The molecular weight excluding hydrogens is 504 g/mol. The number of azo groups is 1. The molecule has 3 atom stereocenters. The smallest absolute Gasteiger partial charge is 0.333 e. The van der Waals surface area contributed by atoms with E-state index in [1.165, 1.54) is 10.8 Å². The van der Waals surface area contributed by atoms with Crippen LogP contribution in [0.1, 0.15) is 28.6 Å². The fraction of sp³-hybridized carbons (Fsp3) is 0.370. The number of hydrogen-bond donors (Lipinski definition) is 3. The van der Waals surface area contributed by atoms with E-state index in [1.807, 2.05) is 43.3 Å². The van der Waals surface area contributed by atoms with Crippen molar-refractivity contribution in [3.63, 3.8) is 0 Å². The number of rotatable bonds is 9. The summed E-state index contributed by atoms with van der Waals surface area (Å²) < 4.78 is 7.82. The SMILES string of the molecule is Cc1cn([C@H]2C[C@H](O)[C@@H](CO)O2)c(=O)n(CCNC(=O)c2ccc(N=Nc3ccc(N(C)C)cc3)cc2)c1=O. The van der Waals surface area contributed by atoms with Gasteiger partial charge >= 0.3 is 5.69 Å². The second-order valence-corrected chi connectivity index (χ2v) is 9.49. The Morgan fingerprint density at radius 3 is 2.26 bits per heavy atom. The summed E-state index contributed by atoms with van der Waals surface area (Å²) in [5.41, 5.74) is 1.94. The van der Waals surface area contributed by atoms with Gasteiger partial charge in [-0.1, -0.05) is 0 Å². The van der Waals surface area contributed by atoms with Gasteiger partial charge in [0.25, 0.3) is 11.5 Å². The molecule has 1 fully saturated rings. The Labute approximate surface area is 224 Å². The van der Waals surface area contributed by atoms with E-state index in [0.29, 0.717) is 22.5 Å². The van der Waals surface area contributed by atoms with Crippen molar-refractivity contribution in [3.05, 3.63) is 86.7 Å². The molecule has 12 heteroatoms. The van der Waals surface area contributed by atoms with Crippen molar-refractivity contribution in [1.82, 2.24) is 14.5 Å². The Balaban J connectivity index is 1.37. The van der Waals surface area contributed by atoms with E-state index in [9.17, 15) is 24.6 Å². The molecular formula is C27H32N6O6. The normalized spacial score (nSPS) is 18.9. The second-order valence-electron chi connectivity index (χ2n) is 9.49. The minimum atomic E-state index is -0.922. The van der Waals surface area contributed by atoms with E-state index < -0.39 is 29.7 Å². The minimum Gasteiger partial charge on any atom is -0.394 e. The van der Waals surface area contributed by atoms with Crippen LogP contribution in [0, 0.1) is 6.92 Å². The highest BCUT2D eigenvalue weighted by molar-refractivity contribution is 5.94. The molecule has 0 radical (unpaired) electrons. The van der Waals surface area contributed by atoms with E-state index >= 15 is 0 Å². The van der Waals surface area contributed by atoms with Crippen LogP contribution in [0.15, 0.2) is 74.5 Å². The molecule has 0 unspecified atom stereocenters. The molecule has 0 bridgehead atoms. The number of aliphatic hydroxyl groups excluding tert-OH is 2. The van der Waals surface area contributed by atoms with Crippen molar-refractivity contribution in [2.24, 2.45) is 10.2 Å². The van der Waals surface area contributed by atoms with Crippen LogP contribution in [0.5, 0.6) is 0 Å². The lowest BCUT2D eigenvalue weighted by molar-refractivity contribution is -0.0463. The number of nitrogens with zero attached hydrogens (tertiary/aromatic N) is 5. The van der Waals surface area contributed by atoms with E-state index in [4.69, 9.17) is 4.74 Å². The number of aliphatic hydroxyl groups is 2. The molecule has 3 aromatic rings. The lowest BCUT2D eigenvalue weighted by Gasteiger charge is -2.17. The van der Waals surface area contributed by atoms with Gasteiger partial charge in [-0.15, -0.1) is 0 Å². The molecule has 1 aromatic heterocycles. The molecule has 2 heterocycles. The summed E-state index contributed by atoms with van der Waals surface area (Å²) in [4.78, 5) is 40.2. The fourth-order valence-electron chi connectivity index (χ4n) is 4.21. The Morgan fingerprint density at radius 2 is 1.69 bits per heavy atom. The molecule has 0 spiro atoms. The summed E-state index contributed by atoms with van der Waals surface area (Å²) in [6.45, 7) is 1.17. The van der Waals surface area contributed by atoms with Gasteiger partial charge in [-0.3, -0.25) is 18.7 Å². The molecule has 3 N–H and O–H groups in total. The number of benzene rings is 2. The molecule has 4 rings (SSSR count). The van der Waals surface area contributed by atoms with Gasteiger partial charge in [0.15, 0.2) is 0 Å². The summed E-state index contributed by atoms with van der Waals surface area (Å²) in [6, 6.07) is 14.2. The Hall–Kier alpha value is -4.13. The van der Waals surface area contributed by atoms with E-state index in [1.54, 1.807) is 31.2 Å². The van der Waals surface area contributed by atoms with Crippen molar-refractivity contribution in [2.45, 2.75) is 38.3 Å². The Kier molecular flexibility index (Phi) is 8.69. The summed E-state index contributed by atoms with van der Waals surface area (Å²) in [6.07, 6.45) is -1.04. The standard InChI is InChI=1S/C27H32N6O6/c1-17-15-33(24-14-22(35)23(16-34)39-24)27(38)32(26(17)37)13-12-28-25(36)18-4-6-19(7-5-18)29-30-20-8-10-21(11-9-20)31(2)3/h4-11,15,22-24,34-35H,12-14,16H2,1-3H3,(H,28,36)/t22-,23+,24+/m0/s1. The molecule has 2 aromatic carbocycles. The van der Waals surface area contributed by atoms with Crippen LogP contribution in [0.2, 0.25) is 0 Å². The highest BCUT2D eigenvalue weighted by Gasteiger charge is 2.35. The van der Waals surface area contributed by atoms with E-state index in [0.717, 1.165) is 10.3 Å². The maximum Gasteiger partial charge on any atom is 0.333 e. The molecule has 1 aliphatic rings. The van der Waals surface area contributed by atoms with Crippen LogP contribution < -0.4 is 21.5 Å².